The summed E-state index contributed by atoms with van der Waals surface area (Å²) in [6, 6.07) is 21.9. The molecule has 0 N–H and O–H groups in total. The summed E-state index contributed by atoms with van der Waals surface area (Å²) in [5.41, 5.74) is 2.92. The Morgan fingerprint density at radius 1 is 0.906 bits per heavy atom. The standard InChI is InChI=1S/C26H21BrN4O/c27-23-10-8-20(9-11-23)26(32)25-24(22-7-6-19-4-1-2-5-21(19)16-22)29-18-31(25)14-3-13-30-15-12-28-17-30/h1-2,4-12,15-18H,3,13-14H2. The minimum absolute atomic E-state index is 0.0270. The van der Waals surface area contributed by atoms with E-state index in [1.807, 2.05) is 64.1 Å². The monoisotopic (exact) mass is 484 g/mol. The molecule has 0 amide bonds. The second-order valence-corrected chi connectivity index (χ2v) is 8.60. The van der Waals surface area contributed by atoms with Crippen molar-refractivity contribution < 1.29 is 4.79 Å². The Kier molecular flexibility index (Phi) is 5.69. The fraction of sp³-hybridized carbons (Fsp3) is 0.115. The molecule has 158 valence electrons. The van der Waals surface area contributed by atoms with E-state index >= 15 is 0 Å². The van der Waals surface area contributed by atoms with Gasteiger partial charge in [-0.1, -0.05) is 52.3 Å². The Morgan fingerprint density at radius 3 is 2.50 bits per heavy atom. The van der Waals surface area contributed by atoms with Gasteiger partial charge in [-0.15, -0.1) is 0 Å². The van der Waals surface area contributed by atoms with Crippen LogP contribution in [0.25, 0.3) is 22.0 Å². The maximum atomic E-state index is 13.6. The number of halogens is 1. The predicted molar refractivity (Wildman–Crippen MR) is 130 cm³/mol. The molecule has 0 aliphatic heterocycles. The summed E-state index contributed by atoms with van der Waals surface area (Å²) in [6.45, 7) is 1.52. The molecule has 0 unspecified atom stereocenters. The molecule has 0 fully saturated rings. The fourth-order valence-electron chi connectivity index (χ4n) is 3.92. The molecule has 0 bridgehead atoms. The van der Waals surface area contributed by atoms with Crippen LogP contribution in [0.15, 0.2) is 96.3 Å². The first kappa shape index (κ1) is 20.4. The van der Waals surface area contributed by atoms with E-state index in [2.05, 4.69) is 50.2 Å². The highest BCUT2D eigenvalue weighted by Gasteiger charge is 2.21. The van der Waals surface area contributed by atoms with Gasteiger partial charge in [0.25, 0.3) is 0 Å². The lowest BCUT2D eigenvalue weighted by molar-refractivity contribution is 0.103. The molecule has 5 nitrogen and oxygen atoms in total. The molecule has 2 heterocycles. The molecule has 5 rings (SSSR count). The number of carbonyl (C=O) groups is 1. The maximum absolute atomic E-state index is 13.6. The van der Waals surface area contributed by atoms with Crippen LogP contribution in [0.5, 0.6) is 0 Å². The van der Waals surface area contributed by atoms with Crippen molar-refractivity contribution in [2.24, 2.45) is 0 Å². The summed E-state index contributed by atoms with van der Waals surface area (Å²) in [6.07, 6.45) is 8.18. The number of carbonyl (C=O) groups excluding carboxylic acids is 1. The van der Waals surface area contributed by atoms with Crippen molar-refractivity contribution in [3.8, 4) is 11.3 Å². The smallest absolute Gasteiger partial charge is 0.211 e. The molecule has 0 aliphatic rings. The molecule has 2 aromatic heterocycles. The minimum atomic E-state index is -0.0270. The number of aryl methyl sites for hydroxylation is 2. The van der Waals surface area contributed by atoms with E-state index in [1.54, 1.807) is 12.5 Å². The minimum Gasteiger partial charge on any atom is -0.337 e. The van der Waals surface area contributed by atoms with E-state index in [1.165, 1.54) is 0 Å². The van der Waals surface area contributed by atoms with Gasteiger partial charge >= 0.3 is 0 Å². The van der Waals surface area contributed by atoms with Crippen LogP contribution in [0.3, 0.4) is 0 Å². The summed E-state index contributed by atoms with van der Waals surface area (Å²) in [4.78, 5) is 22.4. The second-order valence-electron chi connectivity index (χ2n) is 7.69. The molecular formula is C26H21BrN4O. The lowest BCUT2D eigenvalue weighted by Crippen LogP contribution is -2.12. The zero-order valence-electron chi connectivity index (χ0n) is 17.4. The van der Waals surface area contributed by atoms with Crippen LogP contribution in [0.4, 0.5) is 0 Å². The Bertz CT molecular complexity index is 1370. The van der Waals surface area contributed by atoms with Crippen LogP contribution < -0.4 is 0 Å². The van der Waals surface area contributed by atoms with Crippen LogP contribution in [-0.4, -0.2) is 24.9 Å². The largest absolute Gasteiger partial charge is 0.337 e. The molecular weight excluding hydrogens is 464 g/mol. The number of aromatic nitrogens is 4. The highest BCUT2D eigenvalue weighted by molar-refractivity contribution is 9.10. The zero-order chi connectivity index (χ0) is 21.9. The molecule has 0 atom stereocenters. The summed E-state index contributed by atoms with van der Waals surface area (Å²) < 4.78 is 4.96. The van der Waals surface area contributed by atoms with Gasteiger partial charge in [0.05, 0.1) is 18.3 Å². The summed E-state index contributed by atoms with van der Waals surface area (Å²) in [5.74, 6) is -0.0270. The van der Waals surface area contributed by atoms with Crippen molar-refractivity contribution in [1.82, 2.24) is 19.1 Å². The van der Waals surface area contributed by atoms with Gasteiger partial charge in [0.2, 0.25) is 5.78 Å². The quantitative estimate of drug-likeness (QED) is 0.267. The van der Waals surface area contributed by atoms with Gasteiger partial charge in [0.15, 0.2) is 0 Å². The normalized spacial score (nSPS) is 11.2. The predicted octanol–water partition coefficient (Wildman–Crippen LogP) is 5.98. The number of hydrogen-bond acceptors (Lipinski definition) is 3. The van der Waals surface area contributed by atoms with Crippen molar-refractivity contribution >= 4 is 32.5 Å². The van der Waals surface area contributed by atoms with E-state index < -0.39 is 0 Å². The van der Waals surface area contributed by atoms with Crippen LogP contribution >= 0.6 is 15.9 Å². The molecule has 0 radical (unpaired) electrons. The summed E-state index contributed by atoms with van der Waals surface area (Å²) in [5, 5.41) is 2.29. The number of ketones is 1. The molecule has 5 aromatic rings. The van der Waals surface area contributed by atoms with E-state index in [0.717, 1.165) is 33.8 Å². The average Bonchev–Trinajstić information content (AvgIpc) is 3.49. The van der Waals surface area contributed by atoms with Crippen molar-refractivity contribution in [3.63, 3.8) is 0 Å². The molecule has 0 saturated carbocycles. The van der Waals surface area contributed by atoms with Gasteiger partial charge in [-0.25, -0.2) is 9.97 Å². The highest BCUT2D eigenvalue weighted by Crippen LogP contribution is 2.28. The maximum Gasteiger partial charge on any atom is 0.211 e. The van der Waals surface area contributed by atoms with Crippen LogP contribution in [0.1, 0.15) is 22.5 Å². The van der Waals surface area contributed by atoms with Gasteiger partial charge in [-0.05, 0) is 47.5 Å². The SMILES string of the molecule is O=C(c1ccc(Br)cc1)c1c(-c2ccc3ccccc3c2)ncn1CCCn1ccnc1. The van der Waals surface area contributed by atoms with Crippen molar-refractivity contribution in [3.05, 3.63) is 108 Å². The zero-order valence-corrected chi connectivity index (χ0v) is 18.9. The van der Waals surface area contributed by atoms with Gasteiger partial charge in [0, 0.05) is 41.1 Å². The number of rotatable bonds is 7. The number of hydrogen-bond donors (Lipinski definition) is 0. The highest BCUT2D eigenvalue weighted by atomic mass is 79.9. The van der Waals surface area contributed by atoms with E-state index in [-0.39, 0.29) is 5.78 Å². The van der Waals surface area contributed by atoms with Crippen LogP contribution in [0, 0.1) is 0 Å². The van der Waals surface area contributed by atoms with Crippen LogP contribution in [-0.2, 0) is 13.1 Å². The topological polar surface area (TPSA) is 52.7 Å². The van der Waals surface area contributed by atoms with Gasteiger partial charge < -0.3 is 9.13 Å². The third-order valence-electron chi connectivity index (χ3n) is 5.56. The Balaban J connectivity index is 1.53. The van der Waals surface area contributed by atoms with E-state index in [4.69, 9.17) is 0 Å². The number of benzene rings is 3. The molecule has 32 heavy (non-hydrogen) atoms. The molecule has 3 aromatic carbocycles. The van der Waals surface area contributed by atoms with Crippen molar-refractivity contribution in [2.75, 3.05) is 0 Å². The first-order chi connectivity index (χ1) is 15.7. The van der Waals surface area contributed by atoms with Crippen LogP contribution in [0.2, 0.25) is 0 Å². The number of fused-ring (bicyclic) bond motifs is 1. The Hall–Kier alpha value is -3.51. The molecule has 0 saturated heterocycles. The number of nitrogens with zero attached hydrogens (tertiary/aromatic N) is 4. The summed E-state index contributed by atoms with van der Waals surface area (Å²) in [7, 11) is 0. The number of imidazole rings is 2. The Morgan fingerprint density at radius 2 is 1.72 bits per heavy atom. The first-order valence-electron chi connectivity index (χ1n) is 10.5. The third-order valence-corrected chi connectivity index (χ3v) is 6.09. The molecule has 0 spiro atoms. The van der Waals surface area contributed by atoms with E-state index in [9.17, 15) is 4.79 Å². The Labute approximate surface area is 194 Å². The lowest BCUT2D eigenvalue weighted by Gasteiger charge is -2.11. The van der Waals surface area contributed by atoms with Gasteiger partial charge in [-0.2, -0.15) is 0 Å². The summed E-state index contributed by atoms with van der Waals surface area (Å²) >= 11 is 3.45. The fourth-order valence-corrected chi connectivity index (χ4v) is 4.18. The molecule has 6 heteroatoms. The average molecular weight is 485 g/mol. The third kappa shape index (κ3) is 4.14. The first-order valence-corrected chi connectivity index (χ1v) is 11.3. The second kappa shape index (κ2) is 8.93. The van der Waals surface area contributed by atoms with Gasteiger partial charge in [0.1, 0.15) is 5.69 Å². The van der Waals surface area contributed by atoms with Gasteiger partial charge in [-0.3, -0.25) is 4.79 Å². The lowest BCUT2D eigenvalue weighted by atomic mass is 10.0. The van der Waals surface area contributed by atoms with Crippen molar-refractivity contribution in [1.29, 1.82) is 0 Å². The van der Waals surface area contributed by atoms with E-state index in [0.29, 0.717) is 23.5 Å². The molecule has 0 aliphatic carbocycles. The van der Waals surface area contributed by atoms with Crippen molar-refractivity contribution in [2.45, 2.75) is 19.5 Å².